The Bertz CT molecular complexity index is 565. The smallest absolute Gasteiger partial charge is 0.156 e. The van der Waals surface area contributed by atoms with Gasteiger partial charge in [-0.25, -0.2) is 0 Å². The molecule has 1 aliphatic carbocycles. The maximum absolute atomic E-state index is 10.4. The lowest BCUT2D eigenvalue weighted by atomic mass is 9.80. The highest BCUT2D eigenvalue weighted by molar-refractivity contribution is 9.10. The Balaban J connectivity index is 1.98. The summed E-state index contributed by atoms with van der Waals surface area (Å²) in [6, 6.07) is 7.60. The summed E-state index contributed by atoms with van der Waals surface area (Å²) in [6.07, 6.45) is 0.706. The molecule has 0 aliphatic heterocycles. The summed E-state index contributed by atoms with van der Waals surface area (Å²) in [5, 5.41) is 10.3. The quantitative estimate of drug-likeness (QED) is 0.417. The maximum Gasteiger partial charge on any atom is 0.156 e. The molecule has 3 N–H and O–H groups in total. The Morgan fingerprint density at radius 1 is 1.55 bits per heavy atom. The first kappa shape index (κ1) is 18.5. The normalized spacial score (nSPS) is 29.8. The van der Waals surface area contributed by atoms with Crippen LogP contribution in [-0.2, 0) is 11.8 Å². The first-order chi connectivity index (χ1) is 10.3. The summed E-state index contributed by atoms with van der Waals surface area (Å²) < 4.78 is 6.83. The number of benzene rings is 1. The van der Waals surface area contributed by atoms with Crippen LogP contribution >= 0.6 is 33.4 Å². The van der Waals surface area contributed by atoms with E-state index in [2.05, 4.69) is 22.5 Å². The molecule has 122 valence electrons. The van der Waals surface area contributed by atoms with Crippen LogP contribution in [0.3, 0.4) is 0 Å². The number of hydrogen-bond acceptors (Lipinski definition) is 5. The minimum atomic E-state index is -1.56. The van der Waals surface area contributed by atoms with Crippen molar-refractivity contribution in [2.24, 2.45) is 11.7 Å². The van der Waals surface area contributed by atoms with E-state index in [0.29, 0.717) is 12.3 Å². The molecule has 2 unspecified atom stereocenters. The van der Waals surface area contributed by atoms with Gasteiger partial charge in [0.1, 0.15) is 11.5 Å². The molecule has 1 aromatic carbocycles. The summed E-state index contributed by atoms with van der Waals surface area (Å²) in [4.78, 5) is 0. The Morgan fingerprint density at radius 3 is 2.77 bits per heavy atom. The van der Waals surface area contributed by atoms with Gasteiger partial charge in [-0.1, -0.05) is 39.5 Å². The Morgan fingerprint density at radius 2 is 2.18 bits per heavy atom. The summed E-state index contributed by atoms with van der Waals surface area (Å²) in [7, 11) is 0. The molecule has 0 spiro atoms. The highest BCUT2D eigenvalue weighted by Crippen LogP contribution is 2.50. The number of hydrogen-bond donors (Lipinski definition) is 2. The van der Waals surface area contributed by atoms with Crippen molar-refractivity contribution in [3.63, 3.8) is 0 Å². The summed E-state index contributed by atoms with van der Waals surface area (Å²) in [5.74, 6) is 1.16. The average Bonchev–Trinajstić information content (AvgIpc) is 2.43. The molecule has 1 saturated carbocycles. The number of halogens is 1. The fraction of sp³-hybridized carbons (Fsp3) is 0.467. The van der Waals surface area contributed by atoms with Crippen LogP contribution in [0.25, 0.3) is 0 Å². The molecule has 0 heterocycles. The van der Waals surface area contributed by atoms with Crippen molar-refractivity contribution in [1.29, 1.82) is 0 Å². The molecule has 0 aromatic heterocycles. The van der Waals surface area contributed by atoms with Crippen molar-refractivity contribution >= 4 is 45.2 Å². The van der Waals surface area contributed by atoms with E-state index in [1.54, 1.807) is 0 Å². The predicted octanol–water partition coefficient (Wildman–Crippen LogP) is 4.46. The molecule has 0 radical (unpaired) electrons. The van der Waals surface area contributed by atoms with Crippen molar-refractivity contribution in [1.82, 2.24) is 0 Å². The van der Waals surface area contributed by atoms with Crippen LogP contribution in [0.15, 0.2) is 40.9 Å². The summed E-state index contributed by atoms with van der Waals surface area (Å²) in [6.45, 7) is 6.06. The van der Waals surface area contributed by atoms with Gasteiger partial charge in [0.15, 0.2) is 6.13 Å². The molecular formula is C15H21BrNO2PS2. The molecule has 1 fully saturated rings. The lowest BCUT2D eigenvalue weighted by Crippen LogP contribution is -2.52. The highest BCUT2D eigenvalue weighted by atomic mass is 79.9. The van der Waals surface area contributed by atoms with Gasteiger partial charge in [0.2, 0.25) is 0 Å². The van der Waals surface area contributed by atoms with Crippen molar-refractivity contribution in [2.45, 2.75) is 37.2 Å². The van der Waals surface area contributed by atoms with Gasteiger partial charge in [-0.15, -0.1) is 0 Å². The van der Waals surface area contributed by atoms with Crippen LogP contribution in [0, 0.1) is 5.92 Å². The molecule has 7 heteroatoms. The van der Waals surface area contributed by atoms with Crippen LogP contribution < -0.4 is 10.3 Å². The van der Waals surface area contributed by atoms with Gasteiger partial charge in [0.25, 0.3) is 0 Å². The Hall–Kier alpha value is 0.160. The van der Waals surface area contributed by atoms with E-state index < -0.39 is 11.9 Å². The van der Waals surface area contributed by atoms with Gasteiger partial charge in [-0.2, -0.15) is 0 Å². The first-order valence-electron chi connectivity index (χ1n) is 7.08. The number of rotatable bonds is 5. The van der Waals surface area contributed by atoms with Gasteiger partial charge in [0, 0.05) is 4.47 Å². The number of nitrogens with two attached hydrogens (primary N) is 1. The van der Waals surface area contributed by atoms with Gasteiger partial charge < -0.3 is 15.4 Å². The van der Waals surface area contributed by atoms with Crippen LogP contribution in [0.5, 0.6) is 5.75 Å². The Kier molecular flexibility index (Phi) is 6.58. The molecule has 0 bridgehead atoms. The highest BCUT2D eigenvalue weighted by Gasteiger charge is 2.40. The fourth-order valence-corrected chi connectivity index (χ4v) is 7.37. The third-order valence-electron chi connectivity index (χ3n) is 3.90. The van der Waals surface area contributed by atoms with E-state index in [0.717, 1.165) is 28.6 Å². The zero-order chi connectivity index (χ0) is 16.3. The molecular weight excluding hydrogens is 401 g/mol. The topological polar surface area (TPSA) is 55.5 Å². The fourth-order valence-electron chi connectivity index (χ4n) is 2.48. The summed E-state index contributed by atoms with van der Waals surface area (Å²) in [5.41, 5.74) is 6.03. The van der Waals surface area contributed by atoms with E-state index in [1.165, 1.54) is 11.4 Å². The van der Waals surface area contributed by atoms with E-state index >= 15 is 0 Å². The van der Waals surface area contributed by atoms with Crippen LogP contribution in [0.1, 0.15) is 26.2 Å². The van der Waals surface area contributed by atoms with Gasteiger partial charge >= 0.3 is 0 Å². The van der Waals surface area contributed by atoms with Gasteiger partial charge in [-0.05, 0) is 68.2 Å². The zero-order valence-corrected chi connectivity index (χ0v) is 16.6. The first-order valence-corrected chi connectivity index (χ1v) is 12.0. The van der Waals surface area contributed by atoms with Crippen molar-refractivity contribution < 1.29 is 9.63 Å². The van der Waals surface area contributed by atoms with Crippen LogP contribution in [-0.4, -0.2) is 16.1 Å². The SMILES string of the molecule is C=C(C)C1CC[C@@](N)(O)[C@H](S[PH](=S)Oc2ccc(Br)cc2)C1. The largest absolute Gasteiger partial charge is 0.459 e. The van der Waals surface area contributed by atoms with E-state index in [4.69, 9.17) is 22.1 Å². The van der Waals surface area contributed by atoms with Gasteiger partial charge in [0.05, 0.1) is 5.25 Å². The molecule has 4 atom stereocenters. The maximum atomic E-state index is 10.4. The molecule has 1 aromatic rings. The molecule has 22 heavy (non-hydrogen) atoms. The minimum absolute atomic E-state index is 0.107. The second-order valence-corrected chi connectivity index (χ2v) is 11.9. The van der Waals surface area contributed by atoms with Crippen molar-refractivity contribution in [3.05, 3.63) is 40.9 Å². The molecule has 1 aliphatic rings. The minimum Gasteiger partial charge on any atom is -0.459 e. The third-order valence-corrected chi connectivity index (χ3v) is 8.71. The third kappa shape index (κ3) is 5.08. The van der Waals surface area contributed by atoms with Crippen molar-refractivity contribution in [3.8, 4) is 5.75 Å². The predicted molar refractivity (Wildman–Crippen MR) is 103 cm³/mol. The number of allylic oxidation sites excluding steroid dienone is 1. The van der Waals surface area contributed by atoms with E-state index in [9.17, 15) is 5.11 Å². The second kappa shape index (κ2) is 7.82. The van der Waals surface area contributed by atoms with Gasteiger partial charge in [-0.3, -0.25) is 0 Å². The number of aliphatic hydroxyl groups is 1. The Labute approximate surface area is 150 Å². The monoisotopic (exact) mass is 421 g/mol. The summed E-state index contributed by atoms with van der Waals surface area (Å²) >= 11 is 10.4. The molecule has 2 rings (SSSR count). The van der Waals surface area contributed by atoms with E-state index in [1.807, 2.05) is 31.2 Å². The average molecular weight is 422 g/mol. The van der Waals surface area contributed by atoms with E-state index in [-0.39, 0.29) is 5.25 Å². The zero-order valence-electron chi connectivity index (χ0n) is 12.4. The van der Waals surface area contributed by atoms with Crippen molar-refractivity contribution in [2.75, 3.05) is 0 Å². The standard InChI is InChI=1S/C15H21BrNO2PS2/c1-10(2)11-7-8-15(17,18)14(9-11)22-20(21)19-13-5-3-12(16)4-6-13/h3-6,11,14,18,20H,1,7-9,17H2,2H3/t11?,14-,15-/m1/s1. The molecule has 0 amide bonds. The lowest BCUT2D eigenvalue weighted by molar-refractivity contribution is 0.00799. The lowest BCUT2D eigenvalue weighted by Gasteiger charge is -2.40. The van der Waals surface area contributed by atoms with Crippen LogP contribution in [0.4, 0.5) is 0 Å². The second-order valence-electron chi connectivity index (χ2n) is 5.72. The van der Waals surface area contributed by atoms with Crippen LogP contribution in [0.2, 0.25) is 0 Å². The molecule has 0 saturated heterocycles. The molecule has 3 nitrogen and oxygen atoms in total.